The second-order valence-corrected chi connectivity index (χ2v) is 5.80. The Balaban J connectivity index is 1.84. The first-order valence-electron chi connectivity index (χ1n) is 8.05. The maximum atomic E-state index is 13.3. The van der Waals surface area contributed by atoms with E-state index in [9.17, 15) is 9.18 Å². The zero-order valence-electron chi connectivity index (χ0n) is 14.6. The summed E-state index contributed by atoms with van der Waals surface area (Å²) in [6, 6.07) is 9.42. The molecule has 0 atom stereocenters. The van der Waals surface area contributed by atoms with Crippen LogP contribution in [0.25, 0.3) is 21.9 Å². The van der Waals surface area contributed by atoms with Gasteiger partial charge in [0.25, 0.3) is 5.56 Å². The molecular formula is C19H15FN4O3. The van der Waals surface area contributed by atoms with Crippen molar-refractivity contribution < 1.29 is 13.9 Å². The second-order valence-electron chi connectivity index (χ2n) is 5.80. The number of aromatic amines is 1. The van der Waals surface area contributed by atoms with E-state index < -0.39 is 0 Å². The maximum absolute atomic E-state index is 13.3. The van der Waals surface area contributed by atoms with Crippen molar-refractivity contribution >= 4 is 28.2 Å². The van der Waals surface area contributed by atoms with Gasteiger partial charge < -0.3 is 14.5 Å². The fourth-order valence-electron chi connectivity index (χ4n) is 2.87. The Morgan fingerprint density at radius 1 is 1.19 bits per heavy atom. The molecule has 0 bridgehead atoms. The maximum Gasteiger partial charge on any atom is 0.298 e. The molecule has 0 fully saturated rings. The van der Waals surface area contributed by atoms with E-state index in [1.165, 1.54) is 24.7 Å². The van der Waals surface area contributed by atoms with Crippen molar-refractivity contribution in [1.29, 1.82) is 0 Å². The molecule has 2 aromatic carbocycles. The van der Waals surface area contributed by atoms with Crippen LogP contribution in [0.2, 0.25) is 0 Å². The number of ether oxygens (including phenoxy) is 2. The molecule has 8 heteroatoms. The van der Waals surface area contributed by atoms with Crippen LogP contribution in [0.5, 0.6) is 11.5 Å². The molecule has 0 aliphatic heterocycles. The molecule has 0 spiro atoms. The zero-order valence-corrected chi connectivity index (χ0v) is 14.6. The zero-order chi connectivity index (χ0) is 19.0. The summed E-state index contributed by atoms with van der Waals surface area (Å²) in [5.74, 6) is 0.709. The van der Waals surface area contributed by atoms with Gasteiger partial charge >= 0.3 is 0 Å². The Hall–Kier alpha value is -3.68. The normalized spacial score (nSPS) is 11.5. The number of rotatable bonds is 4. The van der Waals surface area contributed by atoms with E-state index in [2.05, 4.69) is 15.1 Å². The molecule has 4 aromatic rings. The highest BCUT2D eigenvalue weighted by Gasteiger charge is 2.14. The Kier molecular flexibility index (Phi) is 4.08. The summed E-state index contributed by atoms with van der Waals surface area (Å²) in [6.45, 7) is 0. The van der Waals surface area contributed by atoms with Gasteiger partial charge in [0.15, 0.2) is 11.5 Å². The number of nitrogens with zero attached hydrogens (tertiary/aromatic N) is 3. The largest absolute Gasteiger partial charge is 0.493 e. The Labute approximate surface area is 152 Å². The van der Waals surface area contributed by atoms with Crippen molar-refractivity contribution in [2.45, 2.75) is 0 Å². The fraction of sp³-hybridized carbons (Fsp3) is 0.105. The predicted octanol–water partition coefficient (Wildman–Crippen LogP) is 2.92. The smallest absolute Gasteiger partial charge is 0.298 e. The molecule has 2 heterocycles. The first-order valence-corrected chi connectivity index (χ1v) is 8.05. The van der Waals surface area contributed by atoms with E-state index >= 15 is 0 Å². The third-order valence-corrected chi connectivity index (χ3v) is 4.17. The van der Waals surface area contributed by atoms with E-state index in [0.29, 0.717) is 33.6 Å². The van der Waals surface area contributed by atoms with Gasteiger partial charge in [-0.05, 0) is 23.8 Å². The van der Waals surface area contributed by atoms with Crippen molar-refractivity contribution in [2.75, 3.05) is 14.2 Å². The monoisotopic (exact) mass is 366 g/mol. The Morgan fingerprint density at radius 2 is 1.96 bits per heavy atom. The lowest BCUT2D eigenvalue weighted by molar-refractivity contribution is 0.356. The minimum atomic E-state index is -0.376. The number of hydrogen-bond donors (Lipinski definition) is 1. The van der Waals surface area contributed by atoms with Crippen LogP contribution in [0, 0.1) is 5.82 Å². The van der Waals surface area contributed by atoms with Crippen molar-refractivity contribution in [3.63, 3.8) is 0 Å². The van der Waals surface area contributed by atoms with Gasteiger partial charge in [0.05, 0.1) is 26.0 Å². The van der Waals surface area contributed by atoms with Crippen molar-refractivity contribution in [3.8, 4) is 11.5 Å². The van der Waals surface area contributed by atoms with Crippen LogP contribution in [0.4, 0.5) is 4.39 Å². The molecule has 0 saturated carbocycles. The van der Waals surface area contributed by atoms with Gasteiger partial charge in [-0.2, -0.15) is 9.78 Å². The number of methoxy groups -OCH3 is 2. The van der Waals surface area contributed by atoms with Gasteiger partial charge in [-0.3, -0.25) is 4.79 Å². The average Bonchev–Trinajstić information content (AvgIpc) is 3.04. The van der Waals surface area contributed by atoms with Crippen molar-refractivity contribution in [2.24, 2.45) is 5.10 Å². The standard InChI is InChI=1S/C19H15FN4O3/c1-26-15-7-13-14(8-16(15)27-2)23-18-17(13)21-10-24(19(18)25)22-9-11-4-3-5-12(20)6-11/h3-10,23H,1-2H3/b22-9-. The van der Waals surface area contributed by atoms with E-state index in [-0.39, 0.29) is 11.4 Å². The molecule has 27 heavy (non-hydrogen) atoms. The third-order valence-electron chi connectivity index (χ3n) is 4.17. The number of aromatic nitrogens is 3. The first kappa shape index (κ1) is 16.8. The van der Waals surface area contributed by atoms with Crippen LogP contribution in [-0.2, 0) is 0 Å². The molecular weight excluding hydrogens is 351 g/mol. The number of fused-ring (bicyclic) bond motifs is 3. The quantitative estimate of drug-likeness (QED) is 0.563. The first-order chi connectivity index (χ1) is 13.1. The van der Waals surface area contributed by atoms with Crippen LogP contribution in [-0.4, -0.2) is 35.1 Å². The van der Waals surface area contributed by atoms with E-state index in [1.807, 2.05) is 0 Å². The second kappa shape index (κ2) is 6.56. The van der Waals surface area contributed by atoms with E-state index in [4.69, 9.17) is 9.47 Å². The summed E-state index contributed by atoms with van der Waals surface area (Å²) in [7, 11) is 3.08. The minimum absolute atomic E-state index is 0.305. The number of nitrogens with one attached hydrogen (secondary N) is 1. The highest BCUT2D eigenvalue weighted by atomic mass is 19.1. The van der Waals surface area contributed by atoms with Gasteiger partial charge in [0, 0.05) is 11.5 Å². The molecule has 0 radical (unpaired) electrons. The van der Waals surface area contributed by atoms with Gasteiger partial charge in [0.2, 0.25) is 0 Å². The SMILES string of the molecule is COc1cc2[nH]c3c(=O)n(/N=C\c4cccc(F)c4)cnc3c2cc1OC. The Morgan fingerprint density at radius 3 is 2.70 bits per heavy atom. The fourth-order valence-corrected chi connectivity index (χ4v) is 2.87. The van der Waals surface area contributed by atoms with E-state index in [0.717, 1.165) is 10.1 Å². The molecule has 0 amide bonds. The summed E-state index contributed by atoms with van der Waals surface area (Å²) in [5, 5.41) is 4.82. The summed E-state index contributed by atoms with van der Waals surface area (Å²) in [4.78, 5) is 20.1. The molecule has 0 unspecified atom stereocenters. The molecule has 0 aliphatic carbocycles. The van der Waals surface area contributed by atoms with Crippen molar-refractivity contribution in [1.82, 2.24) is 14.6 Å². The summed E-state index contributed by atoms with van der Waals surface area (Å²) < 4.78 is 24.9. The average molecular weight is 366 g/mol. The van der Waals surface area contributed by atoms with Crippen LogP contribution in [0.3, 0.4) is 0 Å². The van der Waals surface area contributed by atoms with Gasteiger partial charge in [-0.15, -0.1) is 0 Å². The number of H-pyrrole nitrogens is 1. The lowest BCUT2D eigenvalue weighted by Gasteiger charge is -2.06. The molecule has 0 aliphatic rings. The molecule has 136 valence electrons. The number of benzene rings is 2. The van der Waals surface area contributed by atoms with Crippen LogP contribution < -0.4 is 15.0 Å². The van der Waals surface area contributed by atoms with Crippen molar-refractivity contribution in [3.05, 3.63) is 64.5 Å². The summed E-state index contributed by atoms with van der Waals surface area (Å²) in [6.07, 6.45) is 2.72. The summed E-state index contributed by atoms with van der Waals surface area (Å²) in [5.41, 5.74) is 1.67. The minimum Gasteiger partial charge on any atom is -0.493 e. The highest BCUT2D eigenvalue weighted by molar-refractivity contribution is 6.05. The number of hydrogen-bond acceptors (Lipinski definition) is 5. The van der Waals surface area contributed by atoms with Gasteiger partial charge in [-0.25, -0.2) is 9.37 Å². The number of halogens is 1. The van der Waals surface area contributed by atoms with E-state index in [1.54, 1.807) is 38.5 Å². The third kappa shape index (κ3) is 2.91. The van der Waals surface area contributed by atoms with Crippen LogP contribution in [0.15, 0.2) is 52.6 Å². The van der Waals surface area contributed by atoms with Gasteiger partial charge in [0.1, 0.15) is 23.2 Å². The molecule has 1 N–H and O–H groups in total. The van der Waals surface area contributed by atoms with Crippen LogP contribution >= 0.6 is 0 Å². The topological polar surface area (TPSA) is 81.5 Å². The lowest BCUT2D eigenvalue weighted by atomic mass is 10.2. The molecule has 2 aromatic heterocycles. The Bertz CT molecular complexity index is 1240. The predicted molar refractivity (Wildman–Crippen MR) is 100 cm³/mol. The molecule has 4 rings (SSSR count). The highest BCUT2D eigenvalue weighted by Crippen LogP contribution is 2.34. The lowest BCUT2D eigenvalue weighted by Crippen LogP contribution is -2.17. The molecule has 7 nitrogen and oxygen atoms in total. The van der Waals surface area contributed by atoms with Gasteiger partial charge in [-0.1, -0.05) is 12.1 Å². The summed E-state index contributed by atoms with van der Waals surface area (Å²) >= 11 is 0. The van der Waals surface area contributed by atoms with Crippen LogP contribution in [0.1, 0.15) is 5.56 Å². The molecule has 0 saturated heterocycles.